The van der Waals surface area contributed by atoms with Crippen molar-refractivity contribution in [3.05, 3.63) is 29.3 Å². The molecule has 0 aliphatic carbocycles. The molecule has 1 amide bonds. The largest absolute Gasteiger partial charge is 0.496 e. The van der Waals surface area contributed by atoms with Crippen LogP contribution in [0.3, 0.4) is 0 Å². The number of hydrogen-bond donors (Lipinski definition) is 2. The molecule has 0 unspecified atom stereocenters. The van der Waals surface area contributed by atoms with Crippen LogP contribution in [0.25, 0.3) is 0 Å². The lowest BCUT2D eigenvalue weighted by molar-refractivity contribution is -0.139. The van der Waals surface area contributed by atoms with E-state index in [1.807, 2.05) is 19.2 Å². The highest BCUT2D eigenvalue weighted by Gasteiger charge is 2.22. The molecule has 6 heteroatoms. The van der Waals surface area contributed by atoms with Crippen molar-refractivity contribution in [3.8, 4) is 5.75 Å². The Morgan fingerprint density at radius 1 is 1.45 bits per heavy atom. The second-order valence-electron chi connectivity index (χ2n) is 4.35. The number of benzene rings is 1. The molecule has 0 aliphatic heterocycles. The average Bonchev–Trinajstić information content (AvgIpc) is 2.42. The van der Waals surface area contributed by atoms with Gasteiger partial charge in [0.25, 0.3) is 5.91 Å². The van der Waals surface area contributed by atoms with Crippen molar-refractivity contribution < 1.29 is 19.4 Å². The SMILES string of the molecule is COc1ccc(C)cc1C(=O)N[C@@H](CCSC)C(=O)O. The molecule has 1 aromatic carbocycles. The van der Waals surface area contributed by atoms with Crippen molar-refractivity contribution in [2.75, 3.05) is 19.1 Å². The lowest BCUT2D eigenvalue weighted by Gasteiger charge is -2.15. The maximum atomic E-state index is 12.2. The van der Waals surface area contributed by atoms with Crippen molar-refractivity contribution in [3.63, 3.8) is 0 Å². The summed E-state index contributed by atoms with van der Waals surface area (Å²) in [6.45, 7) is 1.86. The van der Waals surface area contributed by atoms with Crippen LogP contribution in [-0.2, 0) is 4.79 Å². The van der Waals surface area contributed by atoms with Crippen LogP contribution in [0.5, 0.6) is 5.75 Å². The quantitative estimate of drug-likeness (QED) is 0.804. The van der Waals surface area contributed by atoms with E-state index in [0.717, 1.165) is 5.56 Å². The number of nitrogens with one attached hydrogen (secondary N) is 1. The van der Waals surface area contributed by atoms with Crippen molar-refractivity contribution in [1.82, 2.24) is 5.32 Å². The Morgan fingerprint density at radius 3 is 2.70 bits per heavy atom. The first-order chi connectivity index (χ1) is 9.49. The van der Waals surface area contributed by atoms with Gasteiger partial charge in [0.15, 0.2) is 0 Å². The minimum atomic E-state index is -1.03. The van der Waals surface area contributed by atoms with Crippen LogP contribution in [0, 0.1) is 6.92 Å². The summed E-state index contributed by atoms with van der Waals surface area (Å²) < 4.78 is 5.13. The molecular weight excluding hydrogens is 278 g/mol. The molecule has 5 nitrogen and oxygen atoms in total. The van der Waals surface area contributed by atoms with Gasteiger partial charge in [-0.1, -0.05) is 11.6 Å². The first-order valence-corrected chi connectivity index (χ1v) is 7.56. The number of aryl methyl sites for hydroxylation is 1. The Balaban J connectivity index is 2.88. The van der Waals surface area contributed by atoms with Crippen molar-refractivity contribution >= 4 is 23.6 Å². The highest BCUT2D eigenvalue weighted by Crippen LogP contribution is 2.19. The van der Waals surface area contributed by atoms with Gasteiger partial charge in [-0.05, 0) is 37.5 Å². The molecule has 0 aromatic heterocycles. The third-order valence-corrected chi connectivity index (χ3v) is 3.46. The van der Waals surface area contributed by atoms with Crippen molar-refractivity contribution in [1.29, 1.82) is 0 Å². The molecule has 0 saturated carbocycles. The third-order valence-electron chi connectivity index (χ3n) is 2.81. The van der Waals surface area contributed by atoms with E-state index in [4.69, 9.17) is 9.84 Å². The second-order valence-corrected chi connectivity index (χ2v) is 5.34. The zero-order chi connectivity index (χ0) is 15.1. The molecule has 110 valence electrons. The van der Waals surface area contributed by atoms with Gasteiger partial charge in [0.2, 0.25) is 0 Å². The fourth-order valence-electron chi connectivity index (χ4n) is 1.73. The molecule has 0 heterocycles. The number of rotatable bonds is 7. The van der Waals surface area contributed by atoms with E-state index in [9.17, 15) is 9.59 Å². The number of carbonyl (C=O) groups excluding carboxylic acids is 1. The highest BCUT2D eigenvalue weighted by molar-refractivity contribution is 7.98. The standard InChI is InChI=1S/C14H19NO4S/c1-9-4-5-12(19-2)10(8-9)13(16)15-11(14(17)18)6-7-20-3/h4-5,8,11H,6-7H2,1-3H3,(H,15,16)(H,17,18)/t11-/m0/s1. The summed E-state index contributed by atoms with van der Waals surface area (Å²) in [5.41, 5.74) is 1.26. The van der Waals surface area contributed by atoms with Crippen molar-refractivity contribution in [2.45, 2.75) is 19.4 Å². The van der Waals surface area contributed by atoms with Crippen molar-refractivity contribution in [2.24, 2.45) is 0 Å². The Morgan fingerprint density at radius 2 is 2.15 bits per heavy atom. The second kappa shape index (κ2) is 7.79. The molecule has 1 aromatic rings. The molecule has 1 atom stereocenters. The van der Waals surface area contributed by atoms with Crippen LogP contribution in [-0.4, -0.2) is 42.1 Å². The van der Waals surface area contributed by atoms with Crippen LogP contribution in [0.2, 0.25) is 0 Å². The van der Waals surface area contributed by atoms with Gasteiger partial charge < -0.3 is 15.2 Å². The number of aliphatic carboxylic acids is 1. The van der Waals surface area contributed by atoms with Crippen LogP contribution < -0.4 is 10.1 Å². The highest BCUT2D eigenvalue weighted by atomic mass is 32.2. The zero-order valence-corrected chi connectivity index (χ0v) is 12.6. The molecule has 0 saturated heterocycles. The summed E-state index contributed by atoms with van der Waals surface area (Å²) in [4.78, 5) is 23.3. The first kappa shape index (κ1) is 16.4. The predicted octanol–water partition coefficient (Wildman–Crippen LogP) is 1.94. The van der Waals surface area contributed by atoms with Gasteiger partial charge in [0, 0.05) is 0 Å². The number of carboxylic acids is 1. The van der Waals surface area contributed by atoms with E-state index in [2.05, 4.69) is 5.32 Å². The summed E-state index contributed by atoms with van der Waals surface area (Å²) in [7, 11) is 1.48. The Hall–Kier alpha value is -1.69. The maximum absolute atomic E-state index is 12.2. The van der Waals surface area contributed by atoms with E-state index in [1.165, 1.54) is 7.11 Å². The van der Waals surface area contributed by atoms with Crippen LogP contribution >= 0.6 is 11.8 Å². The van der Waals surface area contributed by atoms with Gasteiger partial charge in [-0.2, -0.15) is 11.8 Å². The monoisotopic (exact) mass is 297 g/mol. The minimum absolute atomic E-state index is 0.350. The van der Waals surface area contributed by atoms with E-state index < -0.39 is 17.9 Å². The molecule has 0 spiro atoms. The molecule has 1 rings (SSSR count). The molecule has 0 radical (unpaired) electrons. The molecule has 0 fully saturated rings. The number of carbonyl (C=O) groups is 2. The number of ether oxygens (including phenoxy) is 1. The van der Waals surface area contributed by atoms with Gasteiger partial charge in [0.05, 0.1) is 12.7 Å². The van der Waals surface area contributed by atoms with Gasteiger partial charge in [0.1, 0.15) is 11.8 Å². The maximum Gasteiger partial charge on any atom is 0.326 e. The predicted molar refractivity (Wildman–Crippen MR) is 79.6 cm³/mol. The lowest BCUT2D eigenvalue weighted by Crippen LogP contribution is -2.41. The summed E-state index contributed by atoms with van der Waals surface area (Å²) in [6.07, 6.45) is 2.28. The number of amides is 1. The number of hydrogen-bond acceptors (Lipinski definition) is 4. The first-order valence-electron chi connectivity index (χ1n) is 6.16. The smallest absolute Gasteiger partial charge is 0.326 e. The van der Waals surface area contributed by atoms with E-state index in [1.54, 1.807) is 23.9 Å². The fraction of sp³-hybridized carbons (Fsp3) is 0.429. The summed E-state index contributed by atoms with van der Waals surface area (Å²) in [6, 6.07) is 4.32. The fourth-order valence-corrected chi connectivity index (χ4v) is 2.20. The Bertz CT molecular complexity index is 490. The topological polar surface area (TPSA) is 75.6 Å². The molecule has 20 heavy (non-hydrogen) atoms. The summed E-state index contributed by atoms with van der Waals surface area (Å²) in [5, 5.41) is 11.7. The normalized spacial score (nSPS) is 11.8. The van der Waals surface area contributed by atoms with Gasteiger partial charge in [-0.15, -0.1) is 0 Å². The van der Waals surface area contributed by atoms with E-state index in [-0.39, 0.29) is 0 Å². The number of methoxy groups -OCH3 is 1. The van der Waals surface area contributed by atoms with Crippen LogP contribution in [0.4, 0.5) is 0 Å². The number of carboxylic acid groups (broad SMARTS) is 1. The summed E-state index contributed by atoms with van der Waals surface area (Å²) in [5.74, 6) is -0.359. The Kier molecular flexibility index (Phi) is 6.38. The molecular formula is C14H19NO4S. The third kappa shape index (κ3) is 4.45. The van der Waals surface area contributed by atoms with Gasteiger partial charge in [-0.25, -0.2) is 4.79 Å². The average molecular weight is 297 g/mol. The van der Waals surface area contributed by atoms with E-state index in [0.29, 0.717) is 23.5 Å². The minimum Gasteiger partial charge on any atom is -0.496 e. The lowest BCUT2D eigenvalue weighted by atomic mass is 10.1. The zero-order valence-electron chi connectivity index (χ0n) is 11.8. The molecule has 0 bridgehead atoms. The Labute approximate surface area is 122 Å². The van der Waals surface area contributed by atoms with Crippen LogP contribution in [0.1, 0.15) is 22.3 Å². The van der Waals surface area contributed by atoms with Gasteiger partial charge in [-0.3, -0.25) is 4.79 Å². The molecule has 2 N–H and O–H groups in total. The molecule has 0 aliphatic rings. The van der Waals surface area contributed by atoms with E-state index >= 15 is 0 Å². The van der Waals surface area contributed by atoms with Gasteiger partial charge >= 0.3 is 5.97 Å². The van der Waals surface area contributed by atoms with Crippen LogP contribution in [0.15, 0.2) is 18.2 Å². The summed E-state index contributed by atoms with van der Waals surface area (Å²) >= 11 is 1.54. The number of thioether (sulfide) groups is 1.